The fraction of sp³-hybridized carbons (Fsp3) is 0.267. The maximum absolute atomic E-state index is 13.4. The van der Waals surface area contributed by atoms with Crippen LogP contribution >= 0.6 is 0 Å². The average Bonchev–Trinajstić information content (AvgIpc) is 2.96. The van der Waals surface area contributed by atoms with E-state index in [4.69, 9.17) is 10.00 Å². The molecule has 1 aromatic heterocycles. The topological polar surface area (TPSA) is 71.2 Å². The molecule has 2 heterocycles. The van der Waals surface area contributed by atoms with Gasteiger partial charge in [0, 0.05) is 6.54 Å². The van der Waals surface area contributed by atoms with Crippen LogP contribution in [-0.4, -0.2) is 34.2 Å². The lowest BCUT2D eigenvalue weighted by Gasteiger charge is -2.28. The van der Waals surface area contributed by atoms with Gasteiger partial charge < -0.3 is 9.64 Å². The van der Waals surface area contributed by atoms with Crippen LogP contribution in [0.1, 0.15) is 21.7 Å². The number of carbonyl (C=O) groups excluding carboxylic acids is 1. The molecule has 0 saturated heterocycles. The van der Waals surface area contributed by atoms with E-state index in [1.807, 2.05) is 6.07 Å². The molecule has 1 aliphatic heterocycles. The Morgan fingerprint density at radius 3 is 2.95 bits per heavy atom. The van der Waals surface area contributed by atoms with Crippen molar-refractivity contribution in [3.05, 3.63) is 47.0 Å². The fourth-order valence-corrected chi connectivity index (χ4v) is 2.51. The average molecular weight is 300 g/mol. The van der Waals surface area contributed by atoms with Crippen LogP contribution in [0, 0.1) is 17.1 Å². The third-order valence-corrected chi connectivity index (χ3v) is 3.59. The molecule has 0 atom stereocenters. The molecule has 1 aromatic carbocycles. The number of amides is 1. The molecule has 0 N–H and O–H groups in total. The summed E-state index contributed by atoms with van der Waals surface area (Å²) in [7, 11) is 1.44. The summed E-state index contributed by atoms with van der Waals surface area (Å²) in [5, 5.41) is 13.0. The van der Waals surface area contributed by atoms with Crippen LogP contribution in [0.15, 0.2) is 24.3 Å². The van der Waals surface area contributed by atoms with Gasteiger partial charge in [0.05, 0.1) is 31.5 Å². The van der Waals surface area contributed by atoms with Gasteiger partial charge in [-0.1, -0.05) is 0 Å². The second-order valence-electron chi connectivity index (χ2n) is 4.93. The maximum atomic E-state index is 13.4. The molecule has 22 heavy (non-hydrogen) atoms. The SMILES string of the molecule is COc1ccc(F)cc1C(=O)N1CCn2nc(C#N)cc2C1. The second-order valence-corrected chi connectivity index (χ2v) is 4.93. The van der Waals surface area contributed by atoms with E-state index in [1.165, 1.54) is 25.3 Å². The van der Waals surface area contributed by atoms with Gasteiger partial charge in [-0.05, 0) is 24.3 Å². The van der Waals surface area contributed by atoms with Gasteiger partial charge in [-0.2, -0.15) is 10.4 Å². The van der Waals surface area contributed by atoms with Crippen molar-refractivity contribution in [1.82, 2.24) is 14.7 Å². The summed E-state index contributed by atoms with van der Waals surface area (Å²) in [6, 6.07) is 7.50. The Balaban J connectivity index is 1.88. The number of nitrogens with zero attached hydrogens (tertiary/aromatic N) is 4. The van der Waals surface area contributed by atoms with Crippen LogP contribution in [0.4, 0.5) is 4.39 Å². The molecule has 1 amide bonds. The van der Waals surface area contributed by atoms with Gasteiger partial charge in [0.1, 0.15) is 17.6 Å². The monoisotopic (exact) mass is 300 g/mol. The van der Waals surface area contributed by atoms with Crippen LogP contribution in [0.3, 0.4) is 0 Å². The van der Waals surface area contributed by atoms with E-state index in [2.05, 4.69) is 5.10 Å². The van der Waals surface area contributed by atoms with E-state index in [0.29, 0.717) is 31.1 Å². The number of fused-ring (bicyclic) bond motifs is 1. The van der Waals surface area contributed by atoms with Gasteiger partial charge in [0.15, 0.2) is 5.69 Å². The van der Waals surface area contributed by atoms with Crippen molar-refractivity contribution in [3.8, 4) is 11.8 Å². The van der Waals surface area contributed by atoms with Crippen molar-refractivity contribution < 1.29 is 13.9 Å². The number of nitriles is 1. The number of rotatable bonds is 2. The van der Waals surface area contributed by atoms with E-state index in [1.54, 1.807) is 15.6 Å². The molecule has 1 aliphatic rings. The van der Waals surface area contributed by atoms with Gasteiger partial charge in [-0.25, -0.2) is 4.39 Å². The molecule has 0 spiro atoms. The summed E-state index contributed by atoms with van der Waals surface area (Å²) in [6.07, 6.45) is 0. The van der Waals surface area contributed by atoms with E-state index >= 15 is 0 Å². The predicted octanol–water partition coefficient (Wildman–Crippen LogP) is 1.56. The minimum atomic E-state index is -0.488. The molecule has 6 nitrogen and oxygen atoms in total. The number of aromatic nitrogens is 2. The van der Waals surface area contributed by atoms with Crippen LogP contribution < -0.4 is 4.74 Å². The summed E-state index contributed by atoms with van der Waals surface area (Å²) in [5.74, 6) is -0.455. The quantitative estimate of drug-likeness (QED) is 0.844. The first-order valence-corrected chi connectivity index (χ1v) is 6.72. The highest BCUT2D eigenvalue weighted by atomic mass is 19.1. The molecule has 0 aliphatic carbocycles. The van der Waals surface area contributed by atoms with E-state index < -0.39 is 5.82 Å². The highest BCUT2D eigenvalue weighted by Crippen LogP contribution is 2.23. The molecular weight excluding hydrogens is 287 g/mol. The van der Waals surface area contributed by atoms with Crippen LogP contribution in [0.25, 0.3) is 0 Å². The number of ether oxygens (including phenoxy) is 1. The lowest BCUT2D eigenvalue weighted by atomic mass is 10.1. The number of carbonyl (C=O) groups is 1. The summed E-state index contributed by atoms with van der Waals surface area (Å²) in [6.45, 7) is 1.27. The first kappa shape index (κ1) is 14.1. The Bertz CT molecular complexity index is 778. The van der Waals surface area contributed by atoms with E-state index in [-0.39, 0.29) is 11.5 Å². The number of methoxy groups -OCH3 is 1. The molecular formula is C15H13FN4O2. The first-order chi connectivity index (χ1) is 10.6. The zero-order chi connectivity index (χ0) is 15.7. The predicted molar refractivity (Wildman–Crippen MR) is 74.6 cm³/mol. The Labute approximate surface area is 126 Å². The molecule has 2 aromatic rings. The molecule has 3 rings (SSSR count). The second kappa shape index (κ2) is 5.48. The highest BCUT2D eigenvalue weighted by Gasteiger charge is 2.25. The number of benzene rings is 1. The van der Waals surface area contributed by atoms with Crippen molar-refractivity contribution in [1.29, 1.82) is 5.26 Å². The molecule has 0 saturated carbocycles. The molecule has 0 radical (unpaired) electrons. The number of hydrogen-bond acceptors (Lipinski definition) is 4. The largest absolute Gasteiger partial charge is 0.496 e. The highest BCUT2D eigenvalue weighted by molar-refractivity contribution is 5.97. The zero-order valence-electron chi connectivity index (χ0n) is 11.9. The lowest BCUT2D eigenvalue weighted by molar-refractivity contribution is 0.0702. The number of halogens is 1. The van der Waals surface area contributed by atoms with E-state index in [9.17, 15) is 9.18 Å². The Hall–Kier alpha value is -2.88. The lowest BCUT2D eigenvalue weighted by Crippen LogP contribution is -2.38. The standard InChI is InChI=1S/C15H13FN4O2/c1-22-14-3-2-10(16)6-13(14)15(21)19-4-5-20-12(9-19)7-11(8-17)18-20/h2-3,6-7H,4-5,9H2,1H3. The van der Waals surface area contributed by atoms with Gasteiger partial charge in [-0.3, -0.25) is 9.48 Å². The van der Waals surface area contributed by atoms with Crippen LogP contribution in [-0.2, 0) is 13.1 Å². The molecule has 112 valence electrons. The van der Waals surface area contributed by atoms with Crippen molar-refractivity contribution >= 4 is 5.91 Å². The molecule has 7 heteroatoms. The summed E-state index contributed by atoms with van der Waals surface area (Å²) >= 11 is 0. The normalized spacial score (nSPS) is 13.4. The van der Waals surface area contributed by atoms with Crippen molar-refractivity contribution in [2.24, 2.45) is 0 Å². The van der Waals surface area contributed by atoms with Crippen molar-refractivity contribution in [2.45, 2.75) is 13.1 Å². The Morgan fingerprint density at radius 1 is 1.41 bits per heavy atom. The third-order valence-electron chi connectivity index (χ3n) is 3.59. The Kier molecular flexibility index (Phi) is 3.51. The van der Waals surface area contributed by atoms with Crippen LogP contribution in [0.2, 0.25) is 0 Å². The van der Waals surface area contributed by atoms with Gasteiger partial charge in [0.25, 0.3) is 5.91 Å². The summed E-state index contributed by atoms with van der Waals surface area (Å²) < 4.78 is 20.3. The van der Waals surface area contributed by atoms with Crippen LogP contribution in [0.5, 0.6) is 5.75 Å². The molecule has 0 fully saturated rings. The maximum Gasteiger partial charge on any atom is 0.258 e. The van der Waals surface area contributed by atoms with E-state index in [0.717, 1.165) is 5.69 Å². The minimum Gasteiger partial charge on any atom is -0.496 e. The Morgan fingerprint density at radius 2 is 2.23 bits per heavy atom. The van der Waals surface area contributed by atoms with Crippen molar-refractivity contribution in [3.63, 3.8) is 0 Å². The summed E-state index contributed by atoms with van der Waals surface area (Å²) in [5.41, 5.74) is 1.30. The fourth-order valence-electron chi connectivity index (χ4n) is 2.51. The molecule has 0 bridgehead atoms. The van der Waals surface area contributed by atoms with Gasteiger partial charge >= 0.3 is 0 Å². The zero-order valence-corrected chi connectivity index (χ0v) is 11.9. The van der Waals surface area contributed by atoms with Gasteiger partial charge in [-0.15, -0.1) is 0 Å². The number of hydrogen-bond donors (Lipinski definition) is 0. The minimum absolute atomic E-state index is 0.191. The first-order valence-electron chi connectivity index (χ1n) is 6.72. The molecule has 0 unspecified atom stereocenters. The van der Waals surface area contributed by atoms with Gasteiger partial charge in [0.2, 0.25) is 0 Å². The smallest absolute Gasteiger partial charge is 0.258 e. The van der Waals surface area contributed by atoms with Crippen molar-refractivity contribution in [2.75, 3.05) is 13.7 Å². The third kappa shape index (κ3) is 2.39. The summed E-state index contributed by atoms with van der Waals surface area (Å²) in [4.78, 5) is 14.2.